The number of amides is 1. The molecule has 24 heavy (non-hydrogen) atoms. The number of thiazole rings is 1. The van der Waals surface area contributed by atoms with Gasteiger partial charge in [0.05, 0.1) is 12.3 Å². The molecule has 0 aliphatic heterocycles. The zero-order valence-corrected chi connectivity index (χ0v) is 14.6. The van der Waals surface area contributed by atoms with Crippen LogP contribution in [0.3, 0.4) is 0 Å². The van der Waals surface area contributed by atoms with Crippen molar-refractivity contribution in [3.8, 4) is 0 Å². The van der Waals surface area contributed by atoms with E-state index in [2.05, 4.69) is 10.3 Å². The number of nitrogens with one attached hydrogen (secondary N) is 1. The number of rotatable bonds is 6. The van der Waals surface area contributed by atoms with E-state index in [0.717, 1.165) is 16.1 Å². The number of carbonyl (C=O) groups excluding carboxylic acids is 1. The van der Waals surface area contributed by atoms with Gasteiger partial charge in [-0.05, 0) is 17.2 Å². The van der Waals surface area contributed by atoms with Gasteiger partial charge in [0.25, 0.3) is 0 Å². The van der Waals surface area contributed by atoms with Crippen LogP contribution < -0.4 is 5.32 Å². The Balaban J connectivity index is 1.66. The third-order valence-corrected chi connectivity index (χ3v) is 4.55. The van der Waals surface area contributed by atoms with E-state index in [1.165, 1.54) is 17.4 Å². The molecule has 5 nitrogen and oxygen atoms in total. The van der Waals surface area contributed by atoms with Gasteiger partial charge in [-0.15, -0.1) is 11.3 Å². The number of benzene rings is 1. The first-order chi connectivity index (χ1) is 11.7. The van der Waals surface area contributed by atoms with Crippen molar-refractivity contribution in [1.82, 2.24) is 14.7 Å². The summed E-state index contributed by atoms with van der Waals surface area (Å²) in [6.07, 6.45) is 5.01. The highest BCUT2D eigenvalue weighted by atomic mass is 35.5. The first kappa shape index (κ1) is 16.7. The van der Waals surface area contributed by atoms with Gasteiger partial charge in [0.15, 0.2) is 10.1 Å². The maximum Gasteiger partial charge on any atom is 0.244 e. The lowest BCUT2D eigenvalue weighted by Gasteiger charge is -2.08. The molecule has 0 unspecified atom stereocenters. The zero-order valence-electron chi connectivity index (χ0n) is 13.0. The van der Waals surface area contributed by atoms with Gasteiger partial charge in [-0.2, -0.15) is 0 Å². The predicted octanol–water partition coefficient (Wildman–Crippen LogP) is 3.53. The molecule has 0 spiro atoms. The summed E-state index contributed by atoms with van der Waals surface area (Å²) in [4.78, 5) is 17.1. The number of hydrogen-bond donors (Lipinski definition) is 1. The summed E-state index contributed by atoms with van der Waals surface area (Å²) in [5, 5.41) is 5.18. The van der Waals surface area contributed by atoms with Crippen LogP contribution in [0.2, 0.25) is 5.15 Å². The number of nitrogens with zero attached hydrogens (tertiary/aromatic N) is 2. The van der Waals surface area contributed by atoms with Crippen molar-refractivity contribution in [3.63, 3.8) is 0 Å². The number of fused-ring (bicyclic) bond motifs is 1. The highest BCUT2D eigenvalue weighted by Gasteiger charge is 2.09. The maximum atomic E-state index is 12.1. The van der Waals surface area contributed by atoms with E-state index >= 15 is 0 Å². The van der Waals surface area contributed by atoms with Crippen LogP contribution in [0, 0.1) is 0 Å². The second kappa shape index (κ2) is 7.61. The third kappa shape index (κ3) is 3.67. The second-order valence-corrected chi connectivity index (χ2v) is 6.33. The number of carbonyl (C=O) groups is 1. The predicted molar refractivity (Wildman–Crippen MR) is 96.1 cm³/mol. The Bertz CT molecular complexity index is 885. The average Bonchev–Trinajstić information content (AvgIpc) is 3.13. The van der Waals surface area contributed by atoms with Gasteiger partial charge >= 0.3 is 0 Å². The van der Waals surface area contributed by atoms with Crippen molar-refractivity contribution in [1.29, 1.82) is 0 Å². The van der Waals surface area contributed by atoms with E-state index in [1.807, 2.05) is 40.2 Å². The van der Waals surface area contributed by atoms with Crippen LogP contribution in [-0.4, -0.2) is 22.4 Å². The van der Waals surface area contributed by atoms with E-state index in [4.69, 9.17) is 16.3 Å². The number of imidazole rings is 1. The molecule has 0 aliphatic rings. The molecule has 3 aromatic rings. The van der Waals surface area contributed by atoms with Crippen molar-refractivity contribution in [2.75, 3.05) is 7.11 Å². The molecule has 2 heterocycles. The largest absolute Gasteiger partial charge is 0.380 e. The molecular formula is C17H16ClN3O2S. The number of ether oxygens (including phenoxy) is 1. The third-order valence-electron chi connectivity index (χ3n) is 3.52. The normalized spacial score (nSPS) is 11.4. The zero-order chi connectivity index (χ0) is 16.9. The molecule has 7 heteroatoms. The second-order valence-electron chi connectivity index (χ2n) is 5.10. The lowest BCUT2D eigenvalue weighted by atomic mass is 10.1. The van der Waals surface area contributed by atoms with E-state index in [9.17, 15) is 4.79 Å². The molecule has 0 radical (unpaired) electrons. The SMILES string of the molecule is COCc1ccccc1CNC(=O)/C=C/c1c(Cl)nc2sccn12. The van der Waals surface area contributed by atoms with Crippen LogP contribution >= 0.6 is 22.9 Å². The summed E-state index contributed by atoms with van der Waals surface area (Å²) in [5.41, 5.74) is 2.79. The van der Waals surface area contributed by atoms with E-state index in [1.54, 1.807) is 13.2 Å². The molecule has 0 saturated carbocycles. The minimum Gasteiger partial charge on any atom is -0.380 e. The van der Waals surface area contributed by atoms with Crippen molar-refractivity contribution in [2.45, 2.75) is 13.2 Å². The summed E-state index contributed by atoms with van der Waals surface area (Å²) in [7, 11) is 1.65. The van der Waals surface area contributed by atoms with Gasteiger partial charge in [0.1, 0.15) is 0 Å². The Labute approximate surface area is 148 Å². The van der Waals surface area contributed by atoms with Gasteiger partial charge < -0.3 is 10.1 Å². The lowest BCUT2D eigenvalue weighted by Crippen LogP contribution is -2.21. The smallest absolute Gasteiger partial charge is 0.244 e. The molecule has 0 aliphatic carbocycles. The van der Waals surface area contributed by atoms with Crippen LogP contribution in [0.15, 0.2) is 41.9 Å². The molecule has 3 rings (SSSR count). The molecule has 1 N–H and O–H groups in total. The molecule has 2 aromatic heterocycles. The molecule has 1 aromatic carbocycles. The molecular weight excluding hydrogens is 346 g/mol. The fourth-order valence-corrected chi connectivity index (χ4v) is 3.35. The van der Waals surface area contributed by atoms with Gasteiger partial charge in [-0.1, -0.05) is 35.9 Å². The number of hydrogen-bond acceptors (Lipinski definition) is 4. The van der Waals surface area contributed by atoms with E-state index in [-0.39, 0.29) is 5.91 Å². The Kier molecular flexibility index (Phi) is 5.30. The lowest BCUT2D eigenvalue weighted by molar-refractivity contribution is -0.116. The van der Waals surface area contributed by atoms with Crippen LogP contribution in [0.1, 0.15) is 16.8 Å². The Morgan fingerprint density at radius 3 is 3.00 bits per heavy atom. The number of aromatic nitrogens is 2. The molecule has 124 valence electrons. The topological polar surface area (TPSA) is 55.6 Å². The van der Waals surface area contributed by atoms with Crippen LogP contribution in [0.4, 0.5) is 0 Å². The highest BCUT2D eigenvalue weighted by molar-refractivity contribution is 7.15. The van der Waals surface area contributed by atoms with Crippen molar-refractivity contribution >= 4 is 39.9 Å². The summed E-state index contributed by atoms with van der Waals surface area (Å²) in [5.74, 6) is -0.191. The average molecular weight is 362 g/mol. The van der Waals surface area contributed by atoms with E-state index < -0.39 is 0 Å². The minimum absolute atomic E-state index is 0.191. The number of methoxy groups -OCH3 is 1. The van der Waals surface area contributed by atoms with Gasteiger partial charge in [0, 0.05) is 31.3 Å². The van der Waals surface area contributed by atoms with Crippen molar-refractivity contribution in [3.05, 3.63) is 63.9 Å². The summed E-state index contributed by atoms with van der Waals surface area (Å²) in [6.45, 7) is 0.958. The molecule has 0 atom stereocenters. The Morgan fingerprint density at radius 2 is 2.21 bits per heavy atom. The van der Waals surface area contributed by atoms with Gasteiger partial charge in [0.2, 0.25) is 5.91 Å². The first-order valence-corrected chi connectivity index (χ1v) is 8.57. The van der Waals surface area contributed by atoms with Crippen LogP contribution in [0.25, 0.3) is 11.0 Å². The van der Waals surface area contributed by atoms with Crippen molar-refractivity contribution < 1.29 is 9.53 Å². The fourth-order valence-electron chi connectivity index (χ4n) is 2.35. The van der Waals surface area contributed by atoms with Gasteiger partial charge in [-0.25, -0.2) is 4.98 Å². The minimum atomic E-state index is -0.191. The first-order valence-electron chi connectivity index (χ1n) is 7.31. The summed E-state index contributed by atoms with van der Waals surface area (Å²) in [6, 6.07) is 7.85. The number of halogens is 1. The molecule has 0 bridgehead atoms. The molecule has 0 saturated heterocycles. The van der Waals surface area contributed by atoms with E-state index in [0.29, 0.717) is 24.0 Å². The Hall–Kier alpha value is -2.15. The molecule has 0 fully saturated rings. The highest BCUT2D eigenvalue weighted by Crippen LogP contribution is 2.22. The van der Waals surface area contributed by atoms with Gasteiger partial charge in [-0.3, -0.25) is 9.20 Å². The summed E-state index contributed by atoms with van der Waals surface area (Å²) >= 11 is 7.59. The van der Waals surface area contributed by atoms with Crippen LogP contribution in [0.5, 0.6) is 0 Å². The maximum absolute atomic E-state index is 12.1. The monoisotopic (exact) mass is 361 g/mol. The van der Waals surface area contributed by atoms with Crippen molar-refractivity contribution in [2.24, 2.45) is 0 Å². The Morgan fingerprint density at radius 1 is 1.42 bits per heavy atom. The quantitative estimate of drug-likeness (QED) is 0.683. The standard InChI is InChI=1S/C17H16ClN3O2S/c1-23-11-13-5-3-2-4-12(13)10-19-15(22)7-6-14-16(18)20-17-21(14)8-9-24-17/h2-9H,10-11H2,1H3,(H,19,22)/b7-6+. The van der Waals surface area contributed by atoms with Crippen LogP contribution in [-0.2, 0) is 22.7 Å². The molecule has 1 amide bonds. The fraction of sp³-hybridized carbons (Fsp3) is 0.176. The summed E-state index contributed by atoms with van der Waals surface area (Å²) < 4.78 is 7.02.